The van der Waals surface area contributed by atoms with Gasteiger partial charge in [-0.15, -0.1) is 0 Å². The molecular formula is C17H26N2O. The minimum Gasteiger partial charge on any atom is -0.383 e. The molecule has 0 amide bonds. The van der Waals surface area contributed by atoms with Crippen LogP contribution in [0.15, 0.2) is 18.2 Å². The average molecular weight is 274 g/mol. The van der Waals surface area contributed by atoms with E-state index < -0.39 is 0 Å². The summed E-state index contributed by atoms with van der Waals surface area (Å²) in [7, 11) is 1.81. The highest BCUT2D eigenvalue weighted by Gasteiger charge is 2.27. The van der Waals surface area contributed by atoms with Gasteiger partial charge in [-0.3, -0.25) is 0 Å². The monoisotopic (exact) mass is 274 g/mol. The van der Waals surface area contributed by atoms with E-state index in [9.17, 15) is 0 Å². The Bertz CT molecular complexity index is 456. The van der Waals surface area contributed by atoms with E-state index in [4.69, 9.17) is 4.74 Å². The molecule has 1 saturated carbocycles. The quantitative estimate of drug-likeness (QED) is 0.862. The molecule has 2 aliphatic rings. The van der Waals surface area contributed by atoms with Gasteiger partial charge in [0.25, 0.3) is 0 Å². The van der Waals surface area contributed by atoms with Gasteiger partial charge in [0.2, 0.25) is 0 Å². The fourth-order valence-electron chi connectivity index (χ4n) is 3.18. The molecule has 1 fully saturated rings. The lowest BCUT2D eigenvalue weighted by Gasteiger charge is -2.38. The third-order valence-electron chi connectivity index (χ3n) is 4.41. The van der Waals surface area contributed by atoms with Crippen molar-refractivity contribution in [2.24, 2.45) is 0 Å². The number of aryl methyl sites for hydroxylation is 2. The first-order chi connectivity index (χ1) is 9.78. The van der Waals surface area contributed by atoms with Crippen LogP contribution in [-0.2, 0) is 11.2 Å². The molecular weight excluding hydrogens is 248 g/mol. The highest BCUT2D eigenvalue weighted by molar-refractivity contribution is 5.57. The Balaban J connectivity index is 1.76. The number of benzene rings is 1. The third-order valence-corrected chi connectivity index (χ3v) is 4.41. The van der Waals surface area contributed by atoms with E-state index in [2.05, 4.69) is 35.3 Å². The molecule has 1 heterocycles. The molecule has 0 bridgehead atoms. The number of anilines is 1. The van der Waals surface area contributed by atoms with Crippen molar-refractivity contribution in [2.75, 3.05) is 31.7 Å². The molecule has 1 unspecified atom stereocenters. The summed E-state index contributed by atoms with van der Waals surface area (Å²) >= 11 is 0. The lowest BCUT2D eigenvalue weighted by Crippen LogP contribution is -2.48. The molecule has 3 rings (SSSR count). The maximum absolute atomic E-state index is 5.47. The van der Waals surface area contributed by atoms with Crippen molar-refractivity contribution >= 4 is 5.69 Å². The van der Waals surface area contributed by atoms with Crippen LogP contribution in [0.3, 0.4) is 0 Å². The van der Waals surface area contributed by atoms with Crippen LogP contribution in [0, 0.1) is 6.92 Å². The van der Waals surface area contributed by atoms with Gasteiger partial charge in [0, 0.05) is 31.9 Å². The summed E-state index contributed by atoms with van der Waals surface area (Å²) in [6.45, 7) is 5.16. The van der Waals surface area contributed by atoms with Crippen molar-refractivity contribution in [2.45, 2.75) is 44.7 Å². The Morgan fingerprint density at radius 1 is 1.40 bits per heavy atom. The zero-order valence-electron chi connectivity index (χ0n) is 12.7. The van der Waals surface area contributed by atoms with E-state index in [0.717, 1.165) is 25.7 Å². The van der Waals surface area contributed by atoms with E-state index >= 15 is 0 Å². The predicted octanol–water partition coefficient (Wildman–Crippen LogP) is 2.51. The topological polar surface area (TPSA) is 24.5 Å². The molecule has 0 spiro atoms. The number of nitrogens with zero attached hydrogens (tertiary/aromatic N) is 1. The number of methoxy groups -OCH3 is 1. The van der Waals surface area contributed by atoms with Gasteiger partial charge >= 0.3 is 0 Å². The van der Waals surface area contributed by atoms with Crippen LogP contribution in [-0.4, -0.2) is 38.9 Å². The molecule has 20 heavy (non-hydrogen) atoms. The number of hydrogen-bond donors (Lipinski definition) is 1. The van der Waals surface area contributed by atoms with E-state index in [1.807, 2.05) is 7.11 Å². The Morgan fingerprint density at radius 3 is 3.00 bits per heavy atom. The smallest absolute Gasteiger partial charge is 0.0678 e. The Kier molecular flexibility index (Phi) is 4.27. The number of hydrogen-bond acceptors (Lipinski definition) is 3. The summed E-state index contributed by atoms with van der Waals surface area (Å²) in [6, 6.07) is 8.08. The fraction of sp³-hybridized carbons (Fsp3) is 0.647. The van der Waals surface area contributed by atoms with Crippen molar-refractivity contribution in [3.8, 4) is 0 Å². The lowest BCUT2D eigenvalue weighted by molar-refractivity contribution is 0.174. The van der Waals surface area contributed by atoms with E-state index in [1.54, 1.807) is 0 Å². The van der Waals surface area contributed by atoms with Gasteiger partial charge in [0.15, 0.2) is 0 Å². The van der Waals surface area contributed by atoms with Gasteiger partial charge in [0.1, 0.15) is 0 Å². The molecule has 1 N–H and O–H groups in total. The number of nitrogens with one attached hydrogen (secondary N) is 1. The van der Waals surface area contributed by atoms with Crippen molar-refractivity contribution in [3.63, 3.8) is 0 Å². The van der Waals surface area contributed by atoms with Gasteiger partial charge < -0.3 is 15.0 Å². The van der Waals surface area contributed by atoms with Crippen LogP contribution >= 0.6 is 0 Å². The number of fused-ring (bicyclic) bond motifs is 1. The van der Waals surface area contributed by atoms with Crippen LogP contribution in [0.1, 0.15) is 30.4 Å². The first kappa shape index (κ1) is 13.9. The molecule has 3 nitrogen and oxygen atoms in total. The highest BCUT2D eigenvalue weighted by atomic mass is 16.5. The van der Waals surface area contributed by atoms with Crippen LogP contribution in [0.4, 0.5) is 5.69 Å². The lowest BCUT2D eigenvalue weighted by atomic mass is 9.98. The second-order valence-corrected chi connectivity index (χ2v) is 6.22. The first-order valence-corrected chi connectivity index (χ1v) is 7.86. The molecule has 1 atom stereocenters. The van der Waals surface area contributed by atoms with Crippen LogP contribution in [0.5, 0.6) is 0 Å². The molecule has 110 valence electrons. The SMILES string of the molecule is COCC(CNC1CC1)N1CCCc2cc(C)ccc21. The summed E-state index contributed by atoms with van der Waals surface area (Å²) in [5, 5.41) is 3.66. The standard InChI is InChI=1S/C17H26N2O/c1-13-5-8-17-14(10-13)4-3-9-19(17)16(12-20-2)11-18-15-6-7-15/h5,8,10,15-16,18H,3-4,6-7,9,11-12H2,1-2H3. The van der Waals surface area contributed by atoms with Crippen molar-refractivity contribution < 1.29 is 4.74 Å². The maximum Gasteiger partial charge on any atom is 0.0678 e. The predicted molar refractivity (Wildman–Crippen MR) is 83.5 cm³/mol. The van der Waals surface area contributed by atoms with E-state index in [0.29, 0.717) is 6.04 Å². The zero-order valence-corrected chi connectivity index (χ0v) is 12.7. The number of rotatable bonds is 6. The maximum atomic E-state index is 5.47. The van der Waals surface area contributed by atoms with Crippen LogP contribution in [0.25, 0.3) is 0 Å². The minimum atomic E-state index is 0.447. The summed E-state index contributed by atoms with van der Waals surface area (Å²) in [5.41, 5.74) is 4.29. The molecule has 1 aromatic carbocycles. The highest BCUT2D eigenvalue weighted by Crippen LogP contribution is 2.30. The summed E-state index contributed by atoms with van der Waals surface area (Å²) in [5.74, 6) is 0. The third kappa shape index (κ3) is 3.15. The fourth-order valence-corrected chi connectivity index (χ4v) is 3.18. The molecule has 1 aromatic rings. The van der Waals surface area contributed by atoms with Crippen molar-refractivity contribution in [1.29, 1.82) is 0 Å². The molecule has 0 radical (unpaired) electrons. The van der Waals surface area contributed by atoms with E-state index in [1.165, 1.54) is 42.5 Å². The van der Waals surface area contributed by atoms with Gasteiger partial charge in [-0.05, 0) is 44.2 Å². The largest absolute Gasteiger partial charge is 0.383 e. The van der Waals surface area contributed by atoms with Gasteiger partial charge in [-0.1, -0.05) is 17.7 Å². The normalized spacial score (nSPS) is 19.8. The first-order valence-electron chi connectivity index (χ1n) is 7.86. The number of ether oxygens (including phenoxy) is 1. The van der Waals surface area contributed by atoms with Gasteiger partial charge in [-0.25, -0.2) is 0 Å². The van der Waals surface area contributed by atoms with Crippen molar-refractivity contribution in [1.82, 2.24) is 5.32 Å². The van der Waals surface area contributed by atoms with Crippen LogP contribution < -0.4 is 10.2 Å². The van der Waals surface area contributed by atoms with Gasteiger partial charge in [-0.2, -0.15) is 0 Å². The summed E-state index contributed by atoms with van der Waals surface area (Å²) in [4.78, 5) is 2.55. The second-order valence-electron chi connectivity index (χ2n) is 6.22. The van der Waals surface area contributed by atoms with Crippen LogP contribution in [0.2, 0.25) is 0 Å². The Morgan fingerprint density at radius 2 is 2.25 bits per heavy atom. The summed E-state index contributed by atoms with van der Waals surface area (Å²) in [6.07, 6.45) is 5.15. The zero-order chi connectivity index (χ0) is 13.9. The average Bonchev–Trinajstić information content (AvgIpc) is 3.26. The molecule has 1 aliphatic carbocycles. The molecule has 1 aliphatic heterocycles. The molecule has 3 heteroatoms. The summed E-state index contributed by atoms with van der Waals surface area (Å²) < 4.78 is 5.47. The second kappa shape index (κ2) is 6.15. The van der Waals surface area contributed by atoms with Gasteiger partial charge in [0.05, 0.1) is 12.6 Å². The Hall–Kier alpha value is -1.06. The minimum absolute atomic E-state index is 0.447. The molecule has 0 saturated heterocycles. The molecule has 0 aromatic heterocycles. The Labute approximate surface area is 122 Å². The van der Waals surface area contributed by atoms with Crippen molar-refractivity contribution in [3.05, 3.63) is 29.3 Å². The van der Waals surface area contributed by atoms with E-state index in [-0.39, 0.29) is 0 Å².